The van der Waals surface area contributed by atoms with Gasteiger partial charge < -0.3 is 11.1 Å². The third kappa shape index (κ3) is 3.67. The van der Waals surface area contributed by atoms with Crippen LogP contribution in [0.3, 0.4) is 0 Å². The third-order valence-corrected chi connectivity index (χ3v) is 4.73. The van der Waals surface area contributed by atoms with Crippen molar-refractivity contribution in [3.63, 3.8) is 0 Å². The van der Waals surface area contributed by atoms with Crippen LogP contribution in [0, 0.1) is 6.92 Å². The molecule has 1 aromatic rings. The highest BCUT2D eigenvalue weighted by atomic mass is 32.2. The number of rotatable bonds is 3. The zero-order valence-corrected chi connectivity index (χ0v) is 11.9. The van der Waals surface area contributed by atoms with Gasteiger partial charge in [-0.1, -0.05) is 17.7 Å². The fourth-order valence-corrected chi connectivity index (χ4v) is 3.26. The van der Waals surface area contributed by atoms with Crippen LogP contribution in [0.4, 0.5) is 5.69 Å². The molecule has 0 bridgehead atoms. The molecule has 18 heavy (non-hydrogen) atoms. The molecule has 1 atom stereocenters. The summed E-state index contributed by atoms with van der Waals surface area (Å²) in [5, 5.41) is 3.13. The highest BCUT2D eigenvalue weighted by molar-refractivity contribution is 8.00. The number of nitrogens with two attached hydrogens (primary N) is 1. The van der Waals surface area contributed by atoms with E-state index in [1.807, 2.05) is 23.9 Å². The Morgan fingerprint density at radius 3 is 2.78 bits per heavy atom. The van der Waals surface area contributed by atoms with Crippen molar-refractivity contribution in [2.75, 3.05) is 17.6 Å². The van der Waals surface area contributed by atoms with E-state index in [-0.39, 0.29) is 4.75 Å². The second-order valence-corrected chi connectivity index (χ2v) is 6.78. The van der Waals surface area contributed by atoms with Crippen LogP contribution in [0.15, 0.2) is 29.3 Å². The third-order valence-electron chi connectivity index (χ3n) is 3.21. The Balaban J connectivity index is 1.90. The number of nitrogens with one attached hydrogen (secondary N) is 1. The summed E-state index contributed by atoms with van der Waals surface area (Å²) in [5.74, 6) is 1.75. The maximum atomic E-state index is 5.91. The van der Waals surface area contributed by atoms with Crippen LogP contribution in [0.2, 0.25) is 0 Å². The molecule has 1 unspecified atom stereocenters. The topological polar surface area (TPSA) is 50.4 Å². The van der Waals surface area contributed by atoms with Crippen molar-refractivity contribution in [3.05, 3.63) is 29.8 Å². The first-order valence-electron chi connectivity index (χ1n) is 6.35. The van der Waals surface area contributed by atoms with Crippen LogP contribution in [0.1, 0.15) is 25.3 Å². The summed E-state index contributed by atoms with van der Waals surface area (Å²) in [4.78, 5) is 4.46. The largest absolute Gasteiger partial charge is 0.370 e. The Kier molecular flexibility index (Phi) is 4.17. The normalized spacial score (nSPS) is 24.2. The van der Waals surface area contributed by atoms with E-state index in [4.69, 9.17) is 5.73 Å². The van der Waals surface area contributed by atoms with Gasteiger partial charge in [0.05, 0.1) is 6.54 Å². The molecular weight excluding hydrogens is 242 g/mol. The molecule has 0 aromatic heterocycles. The van der Waals surface area contributed by atoms with Gasteiger partial charge in [0.2, 0.25) is 0 Å². The van der Waals surface area contributed by atoms with Crippen LogP contribution in [0.5, 0.6) is 0 Å². The summed E-state index contributed by atoms with van der Waals surface area (Å²) in [6.45, 7) is 5.13. The summed E-state index contributed by atoms with van der Waals surface area (Å²) < 4.78 is 0.277. The van der Waals surface area contributed by atoms with Gasteiger partial charge in [-0.3, -0.25) is 4.99 Å². The molecule has 1 aliphatic rings. The number of aryl methyl sites for hydroxylation is 1. The van der Waals surface area contributed by atoms with E-state index < -0.39 is 0 Å². The number of anilines is 1. The minimum Gasteiger partial charge on any atom is -0.370 e. The number of hydrogen-bond donors (Lipinski definition) is 2. The molecule has 98 valence electrons. The molecule has 1 fully saturated rings. The number of guanidine groups is 1. The molecule has 0 saturated carbocycles. The lowest BCUT2D eigenvalue weighted by molar-refractivity contribution is 0.619. The van der Waals surface area contributed by atoms with Gasteiger partial charge >= 0.3 is 0 Å². The smallest absolute Gasteiger partial charge is 0.193 e. The standard InChI is InChI=1S/C14H21N3S/c1-11-4-6-12(7-5-11)17-13(15)16-10-14(2)8-3-9-18-14/h4-7H,3,8-10H2,1-2H3,(H3,15,16,17). The van der Waals surface area contributed by atoms with Crippen molar-refractivity contribution in [3.8, 4) is 0 Å². The zero-order valence-electron chi connectivity index (χ0n) is 11.1. The summed E-state index contributed by atoms with van der Waals surface area (Å²) in [6.07, 6.45) is 2.53. The van der Waals surface area contributed by atoms with Crippen LogP contribution in [0.25, 0.3) is 0 Å². The second-order valence-electron chi connectivity index (χ2n) is 5.09. The fourth-order valence-electron chi connectivity index (χ4n) is 2.04. The minimum absolute atomic E-state index is 0.277. The first-order valence-corrected chi connectivity index (χ1v) is 7.34. The van der Waals surface area contributed by atoms with Crippen LogP contribution >= 0.6 is 11.8 Å². The summed E-state index contributed by atoms with van der Waals surface area (Å²) in [6, 6.07) is 8.15. The molecule has 0 aliphatic carbocycles. The van der Waals surface area contributed by atoms with Gasteiger partial charge in [0.25, 0.3) is 0 Å². The van der Waals surface area contributed by atoms with Crippen molar-refractivity contribution in [1.82, 2.24) is 0 Å². The average Bonchev–Trinajstić information content (AvgIpc) is 2.78. The predicted molar refractivity (Wildman–Crippen MR) is 81.4 cm³/mol. The summed E-state index contributed by atoms with van der Waals surface area (Å²) in [5.41, 5.74) is 8.14. The van der Waals surface area contributed by atoms with Gasteiger partial charge in [-0.05, 0) is 44.6 Å². The first-order chi connectivity index (χ1) is 8.57. The monoisotopic (exact) mass is 263 g/mol. The SMILES string of the molecule is Cc1ccc(NC(N)=NCC2(C)CCCS2)cc1. The predicted octanol–water partition coefficient (Wildman–Crippen LogP) is 3.01. The number of hydrogen-bond acceptors (Lipinski definition) is 2. The molecule has 1 aliphatic heterocycles. The van der Waals surface area contributed by atoms with Crippen LogP contribution in [-0.2, 0) is 0 Å². The Bertz CT molecular complexity index is 419. The summed E-state index contributed by atoms with van der Waals surface area (Å²) >= 11 is 2.00. The Labute approximate surface area is 113 Å². The number of nitrogens with zero attached hydrogens (tertiary/aromatic N) is 1. The maximum Gasteiger partial charge on any atom is 0.193 e. The Morgan fingerprint density at radius 2 is 2.17 bits per heavy atom. The van der Waals surface area contributed by atoms with E-state index in [1.54, 1.807) is 0 Å². The van der Waals surface area contributed by atoms with Gasteiger partial charge in [0.15, 0.2) is 5.96 Å². The van der Waals surface area contributed by atoms with Crippen molar-refractivity contribution in [2.45, 2.75) is 31.4 Å². The van der Waals surface area contributed by atoms with Gasteiger partial charge in [-0.2, -0.15) is 11.8 Å². The molecule has 0 radical (unpaired) electrons. The van der Waals surface area contributed by atoms with E-state index in [0.717, 1.165) is 12.2 Å². The number of aliphatic imine (C=N–C) groups is 1. The number of benzene rings is 1. The molecule has 1 saturated heterocycles. The maximum absolute atomic E-state index is 5.91. The Hall–Kier alpha value is -1.16. The van der Waals surface area contributed by atoms with Crippen molar-refractivity contribution >= 4 is 23.4 Å². The second kappa shape index (κ2) is 5.65. The molecule has 1 heterocycles. The first kappa shape index (κ1) is 13.3. The van der Waals surface area contributed by atoms with E-state index in [9.17, 15) is 0 Å². The average molecular weight is 263 g/mol. The number of thioether (sulfide) groups is 1. The van der Waals surface area contributed by atoms with Crippen molar-refractivity contribution in [1.29, 1.82) is 0 Å². The lowest BCUT2D eigenvalue weighted by Crippen LogP contribution is -2.27. The molecule has 3 N–H and O–H groups in total. The quantitative estimate of drug-likeness (QED) is 0.651. The molecule has 4 heteroatoms. The van der Waals surface area contributed by atoms with Gasteiger partial charge in [-0.15, -0.1) is 0 Å². The minimum atomic E-state index is 0.277. The Morgan fingerprint density at radius 1 is 1.44 bits per heavy atom. The van der Waals surface area contributed by atoms with Crippen molar-refractivity contribution < 1.29 is 0 Å². The summed E-state index contributed by atoms with van der Waals surface area (Å²) in [7, 11) is 0. The highest BCUT2D eigenvalue weighted by Crippen LogP contribution is 2.37. The molecule has 2 rings (SSSR count). The highest BCUT2D eigenvalue weighted by Gasteiger charge is 2.28. The van der Waals surface area contributed by atoms with Gasteiger partial charge in [0, 0.05) is 10.4 Å². The molecular formula is C14H21N3S. The molecule has 3 nitrogen and oxygen atoms in total. The van der Waals surface area contributed by atoms with E-state index >= 15 is 0 Å². The molecule has 0 spiro atoms. The lowest BCUT2D eigenvalue weighted by Gasteiger charge is -2.19. The van der Waals surface area contributed by atoms with Gasteiger partial charge in [-0.25, -0.2) is 0 Å². The van der Waals surface area contributed by atoms with E-state index in [0.29, 0.717) is 5.96 Å². The molecule has 1 aromatic carbocycles. The zero-order chi connectivity index (χ0) is 13.0. The fraction of sp³-hybridized carbons (Fsp3) is 0.500. The van der Waals surface area contributed by atoms with E-state index in [2.05, 4.69) is 36.3 Å². The molecule has 0 amide bonds. The van der Waals surface area contributed by atoms with Crippen molar-refractivity contribution in [2.24, 2.45) is 10.7 Å². The lowest BCUT2D eigenvalue weighted by atomic mass is 10.1. The van der Waals surface area contributed by atoms with Crippen LogP contribution in [-0.4, -0.2) is 23.0 Å². The van der Waals surface area contributed by atoms with E-state index in [1.165, 1.54) is 24.2 Å². The van der Waals surface area contributed by atoms with Gasteiger partial charge in [0.1, 0.15) is 0 Å². The van der Waals surface area contributed by atoms with Crippen LogP contribution < -0.4 is 11.1 Å².